The van der Waals surface area contributed by atoms with Crippen molar-refractivity contribution in [2.75, 3.05) is 0 Å². The quantitative estimate of drug-likeness (QED) is 0.140. The van der Waals surface area contributed by atoms with Gasteiger partial charge in [-0.15, -0.1) is 5.11 Å². The van der Waals surface area contributed by atoms with E-state index in [2.05, 4.69) is 20.5 Å². The van der Waals surface area contributed by atoms with Gasteiger partial charge in [0.15, 0.2) is 0 Å². The zero-order chi connectivity index (χ0) is 27.4. The summed E-state index contributed by atoms with van der Waals surface area (Å²) in [6.45, 7) is 0. The topological polar surface area (TPSA) is 207 Å². The van der Waals surface area contributed by atoms with Crippen LogP contribution in [0.5, 0.6) is 17.2 Å². The van der Waals surface area contributed by atoms with E-state index in [4.69, 9.17) is 5.11 Å². The number of aromatic carboxylic acids is 1. The summed E-state index contributed by atoms with van der Waals surface area (Å²) in [6.07, 6.45) is 0. The van der Waals surface area contributed by atoms with Crippen LogP contribution < -0.4 is 69.3 Å². The fourth-order valence-corrected chi connectivity index (χ4v) is 3.91. The Balaban J connectivity index is 0.00000280. The van der Waals surface area contributed by atoms with Crippen molar-refractivity contribution in [3.05, 3.63) is 84.4 Å². The van der Waals surface area contributed by atoms with E-state index >= 15 is 0 Å². The Morgan fingerprint density at radius 2 is 1.25 bits per heavy atom. The summed E-state index contributed by atoms with van der Waals surface area (Å²) < 4.78 is 33.7. The van der Waals surface area contributed by atoms with E-state index in [9.17, 15) is 33.1 Å². The summed E-state index contributed by atoms with van der Waals surface area (Å²) in [4.78, 5) is 10.6. The molecule has 0 aromatic heterocycles. The van der Waals surface area contributed by atoms with Crippen LogP contribution in [0, 0.1) is 0 Å². The number of carbonyl (C=O) groups is 1. The van der Waals surface area contributed by atoms with E-state index in [1.54, 1.807) is 24.3 Å². The van der Waals surface area contributed by atoms with E-state index in [0.29, 0.717) is 16.8 Å². The van der Waals surface area contributed by atoms with Crippen LogP contribution in [0.15, 0.2) is 104 Å². The third kappa shape index (κ3) is 8.19. The summed E-state index contributed by atoms with van der Waals surface area (Å²) in [5.74, 6) is -2.90. The maximum Gasteiger partial charge on any atom is 1.00 e. The molecule has 0 spiro atoms. The first-order valence-electron chi connectivity index (χ1n) is 10.6. The Labute approximate surface area is 272 Å². The molecule has 0 aliphatic carbocycles. The minimum atomic E-state index is -4.71. The molecule has 0 aliphatic rings. The first-order valence-corrected chi connectivity index (χ1v) is 12.0. The van der Waals surface area contributed by atoms with E-state index in [1.807, 2.05) is 0 Å². The number of phenols is 1. The van der Waals surface area contributed by atoms with E-state index in [-0.39, 0.29) is 81.9 Å². The molecule has 0 atom stereocenters. The summed E-state index contributed by atoms with van der Waals surface area (Å²) >= 11 is 0. The first kappa shape index (κ1) is 33.1. The molecule has 0 heterocycles. The number of nitrogens with zero attached hydrogens (tertiary/aromatic N) is 4. The minimum Gasteiger partial charge on any atom is -0.872 e. The predicted octanol–water partition coefficient (Wildman–Crippen LogP) is -1.01. The van der Waals surface area contributed by atoms with Crippen LogP contribution in [0.1, 0.15) is 10.4 Å². The van der Waals surface area contributed by atoms with Gasteiger partial charge in [-0.1, -0.05) is 35.8 Å². The van der Waals surface area contributed by atoms with Gasteiger partial charge in [0.25, 0.3) is 10.1 Å². The number of hydrogen-bond donors (Lipinski definition) is 3. The fourth-order valence-electron chi connectivity index (χ4n) is 3.26. The summed E-state index contributed by atoms with van der Waals surface area (Å²) in [5, 5.41) is 57.2. The van der Waals surface area contributed by atoms with Crippen molar-refractivity contribution in [2.24, 2.45) is 20.5 Å². The molecule has 0 fully saturated rings. The third-order valence-corrected chi connectivity index (χ3v) is 6.00. The van der Waals surface area contributed by atoms with Crippen LogP contribution in [0.2, 0.25) is 0 Å². The molecular formula is C25H16N4Na2O8S. The molecule has 3 N–H and O–H groups in total. The Morgan fingerprint density at radius 1 is 0.675 bits per heavy atom. The summed E-state index contributed by atoms with van der Waals surface area (Å²) in [6, 6.07) is 17.3. The molecule has 0 bridgehead atoms. The van der Waals surface area contributed by atoms with Crippen LogP contribution in [-0.4, -0.2) is 29.2 Å². The number of hydrogen-bond acceptors (Lipinski definition) is 10. The molecule has 0 unspecified atom stereocenters. The molecule has 40 heavy (non-hydrogen) atoms. The molecule has 4 aromatic rings. The average Bonchev–Trinajstić information content (AvgIpc) is 2.87. The van der Waals surface area contributed by atoms with Gasteiger partial charge in [-0.25, -0.2) is 4.79 Å². The Kier molecular flexibility index (Phi) is 11.5. The maximum atomic E-state index is 12.0. The van der Waals surface area contributed by atoms with Crippen molar-refractivity contribution in [2.45, 2.75) is 4.90 Å². The van der Waals surface area contributed by atoms with Gasteiger partial charge < -0.3 is 20.4 Å². The van der Waals surface area contributed by atoms with Crippen molar-refractivity contribution in [1.29, 1.82) is 0 Å². The average molecular weight is 578 g/mol. The molecule has 0 saturated heterocycles. The second-order valence-corrected chi connectivity index (χ2v) is 9.13. The zero-order valence-electron chi connectivity index (χ0n) is 21.1. The Morgan fingerprint density at radius 3 is 1.88 bits per heavy atom. The van der Waals surface area contributed by atoms with Crippen molar-refractivity contribution < 1.29 is 97.3 Å². The van der Waals surface area contributed by atoms with Crippen LogP contribution >= 0.6 is 0 Å². The number of phenolic OH excluding ortho intramolecular Hbond substituents is 1. The van der Waals surface area contributed by atoms with Crippen molar-refractivity contribution in [3.63, 3.8) is 0 Å². The van der Waals surface area contributed by atoms with Crippen LogP contribution in [0.4, 0.5) is 22.7 Å². The van der Waals surface area contributed by atoms with Gasteiger partial charge in [0.2, 0.25) is 0 Å². The van der Waals surface area contributed by atoms with Crippen molar-refractivity contribution in [1.82, 2.24) is 0 Å². The number of carboxylic acids is 1. The molecule has 0 saturated carbocycles. The van der Waals surface area contributed by atoms with Crippen LogP contribution in [0.25, 0.3) is 11.1 Å². The number of azo groups is 2. The Hall–Kier alpha value is -3.14. The van der Waals surface area contributed by atoms with E-state index in [0.717, 1.165) is 18.2 Å². The monoisotopic (exact) mass is 578 g/mol. The van der Waals surface area contributed by atoms with Gasteiger partial charge in [0, 0.05) is 0 Å². The van der Waals surface area contributed by atoms with Crippen molar-refractivity contribution >= 4 is 38.8 Å². The standard InChI is InChI=1S/C25H18N4O8S.2Na/c30-18-7-9-20(23(32)13-18)28-29-21-8-3-15(11-24(21)38(35,36)37)14-1-4-16(5-2-14)26-27-17-6-10-22(31)19(12-17)25(33)34;;/h1-13,30-32H,(H,33,34)(H,35,36,37);;/q;2*+1/p-2. The Bertz CT molecular complexity index is 1710. The number of rotatable bonds is 7. The number of benzene rings is 4. The summed E-state index contributed by atoms with van der Waals surface area (Å²) in [5.41, 5.74) is 0.753. The van der Waals surface area contributed by atoms with Gasteiger partial charge in [0.05, 0.1) is 22.6 Å². The molecule has 15 heteroatoms. The molecule has 0 aliphatic heterocycles. The second kappa shape index (κ2) is 14.0. The molecular weight excluding hydrogens is 562 g/mol. The number of carboxylic acid groups (broad SMARTS) is 1. The zero-order valence-corrected chi connectivity index (χ0v) is 25.9. The summed E-state index contributed by atoms with van der Waals surface area (Å²) in [7, 11) is -4.71. The number of aromatic hydroxyl groups is 1. The first-order chi connectivity index (χ1) is 18.0. The molecule has 12 nitrogen and oxygen atoms in total. The van der Waals surface area contributed by atoms with Gasteiger partial charge in [-0.3, -0.25) is 4.55 Å². The van der Waals surface area contributed by atoms with Crippen molar-refractivity contribution in [3.8, 4) is 28.4 Å². The normalized spacial score (nSPS) is 11.2. The van der Waals surface area contributed by atoms with Gasteiger partial charge in [-0.05, 0) is 65.7 Å². The third-order valence-electron chi connectivity index (χ3n) is 5.12. The van der Waals surface area contributed by atoms with Crippen LogP contribution in [-0.2, 0) is 10.1 Å². The maximum absolute atomic E-state index is 12.0. The SMILES string of the molecule is O=C(O)c1cc(N=Nc2ccc(-c3ccc(N=Nc4ccc(O)cc4[O-])c(S(=O)(=O)O)c3)cc2)ccc1[O-].[Na+].[Na+]. The fraction of sp³-hybridized carbons (Fsp3) is 0. The molecule has 0 radical (unpaired) electrons. The smallest absolute Gasteiger partial charge is 0.872 e. The van der Waals surface area contributed by atoms with E-state index < -0.39 is 38.0 Å². The second-order valence-electron chi connectivity index (χ2n) is 7.74. The largest absolute Gasteiger partial charge is 1.00 e. The molecule has 4 rings (SSSR count). The minimum absolute atomic E-state index is 0. The van der Waals surface area contributed by atoms with Gasteiger partial charge in [-0.2, -0.15) is 23.8 Å². The molecule has 4 aromatic carbocycles. The van der Waals surface area contributed by atoms with Gasteiger partial charge >= 0.3 is 65.1 Å². The predicted molar refractivity (Wildman–Crippen MR) is 130 cm³/mol. The van der Waals surface area contributed by atoms with E-state index in [1.165, 1.54) is 36.4 Å². The van der Waals surface area contributed by atoms with Crippen LogP contribution in [0.3, 0.4) is 0 Å². The van der Waals surface area contributed by atoms with Gasteiger partial charge in [0.1, 0.15) is 16.3 Å². The molecule has 0 amide bonds. The molecule has 192 valence electrons.